The molecule has 0 spiro atoms. The summed E-state index contributed by atoms with van der Waals surface area (Å²) in [4.78, 5) is 18.0. The maximum Gasteiger partial charge on any atom is 0.252 e. The highest BCUT2D eigenvalue weighted by Gasteiger charge is 2.12. The van der Waals surface area contributed by atoms with Gasteiger partial charge < -0.3 is 4.57 Å². The Morgan fingerprint density at radius 3 is 2.55 bits per heavy atom. The van der Waals surface area contributed by atoms with Crippen LogP contribution in [0.1, 0.15) is 18.1 Å². The minimum atomic E-state index is -3.24. The van der Waals surface area contributed by atoms with E-state index in [9.17, 15) is 13.2 Å². The van der Waals surface area contributed by atoms with E-state index >= 15 is 0 Å². The third-order valence-electron chi connectivity index (χ3n) is 4.60. The van der Waals surface area contributed by atoms with Crippen molar-refractivity contribution < 1.29 is 13.2 Å². The summed E-state index contributed by atoms with van der Waals surface area (Å²) in [6.07, 6.45) is 2.20. The lowest BCUT2D eigenvalue weighted by Gasteiger charge is -2.04. The Balaban J connectivity index is 1.89. The summed E-state index contributed by atoms with van der Waals surface area (Å²) in [5.74, 6) is 0.758. The van der Waals surface area contributed by atoms with Crippen LogP contribution in [0.2, 0.25) is 0 Å². The van der Waals surface area contributed by atoms with Gasteiger partial charge in [-0.2, -0.15) is 16.8 Å². The molecule has 0 aliphatic heterocycles. The number of aryl methyl sites for hydroxylation is 2. The van der Waals surface area contributed by atoms with Crippen LogP contribution in [0, 0.1) is 6.92 Å². The maximum atomic E-state index is 12.6. The van der Waals surface area contributed by atoms with Gasteiger partial charge in [-0.3, -0.25) is 4.79 Å². The average molecular weight is 449 g/mol. The number of rotatable bonds is 7. The number of fused-ring (bicyclic) bond motifs is 1. The molecule has 0 radical (unpaired) electrons. The molecule has 3 aromatic rings. The fraction of sp³-hybridized carbons (Fsp3) is 0.333. The Bertz CT molecular complexity index is 1190. The summed E-state index contributed by atoms with van der Waals surface area (Å²) in [5.41, 5.74) is 3.02. The van der Waals surface area contributed by atoms with Gasteiger partial charge >= 0.3 is 0 Å². The molecular formula is C21H24N2O3S3. The quantitative estimate of drug-likeness (QED) is 0.551. The van der Waals surface area contributed by atoms with E-state index in [4.69, 9.17) is 0 Å². The Morgan fingerprint density at radius 1 is 1.17 bits per heavy atom. The Labute approximate surface area is 179 Å². The summed E-state index contributed by atoms with van der Waals surface area (Å²) >= 11 is 3.28. The van der Waals surface area contributed by atoms with Crippen LogP contribution in [-0.2, 0) is 27.6 Å². The zero-order valence-electron chi connectivity index (χ0n) is 16.7. The standard InChI is InChI=1S/C21H24N2O3S3/c1-4-29(25,26)17-8-6-16(7-9-17)14-20(24)22-21-23(11-12-27-3)18-10-5-15(2)13-19(18)28-21/h5-10,13H,4,11-12,14H2,1-3H3. The van der Waals surface area contributed by atoms with Gasteiger partial charge in [0.05, 0.1) is 27.3 Å². The van der Waals surface area contributed by atoms with Gasteiger partial charge in [-0.15, -0.1) is 0 Å². The molecule has 0 fully saturated rings. The van der Waals surface area contributed by atoms with E-state index in [2.05, 4.69) is 40.9 Å². The monoisotopic (exact) mass is 448 g/mol. The normalized spacial score (nSPS) is 12.6. The molecular weight excluding hydrogens is 424 g/mol. The van der Waals surface area contributed by atoms with Crippen molar-refractivity contribution in [2.45, 2.75) is 31.7 Å². The highest BCUT2D eigenvalue weighted by Crippen LogP contribution is 2.19. The van der Waals surface area contributed by atoms with E-state index in [0.29, 0.717) is 4.80 Å². The molecule has 0 N–H and O–H groups in total. The SMILES string of the molecule is CCS(=O)(=O)c1ccc(CC(=O)N=c2sc3cc(C)ccc3n2CCSC)cc1. The smallest absolute Gasteiger partial charge is 0.252 e. The highest BCUT2D eigenvalue weighted by atomic mass is 32.2. The number of benzene rings is 2. The van der Waals surface area contributed by atoms with Crippen molar-refractivity contribution in [3.63, 3.8) is 0 Å². The zero-order valence-corrected chi connectivity index (χ0v) is 19.2. The lowest BCUT2D eigenvalue weighted by molar-refractivity contribution is -0.117. The predicted molar refractivity (Wildman–Crippen MR) is 121 cm³/mol. The van der Waals surface area contributed by atoms with Crippen LogP contribution in [0.25, 0.3) is 10.2 Å². The first-order valence-corrected chi connectivity index (χ1v) is 13.2. The molecule has 2 aromatic carbocycles. The first-order chi connectivity index (χ1) is 13.8. The van der Waals surface area contributed by atoms with Gasteiger partial charge in [0.1, 0.15) is 0 Å². The predicted octanol–water partition coefficient (Wildman–Crippen LogP) is 3.84. The number of hydrogen-bond acceptors (Lipinski definition) is 5. The van der Waals surface area contributed by atoms with Gasteiger partial charge in [0.25, 0.3) is 5.91 Å². The number of amides is 1. The van der Waals surface area contributed by atoms with Gasteiger partial charge in [-0.25, -0.2) is 8.42 Å². The van der Waals surface area contributed by atoms with Crippen molar-refractivity contribution >= 4 is 49.1 Å². The number of carbonyl (C=O) groups excluding carboxylic acids is 1. The first kappa shape index (κ1) is 21.8. The van der Waals surface area contributed by atoms with Crippen LogP contribution < -0.4 is 4.80 Å². The molecule has 5 nitrogen and oxygen atoms in total. The van der Waals surface area contributed by atoms with E-state index in [-0.39, 0.29) is 23.0 Å². The second kappa shape index (κ2) is 9.28. The molecule has 3 rings (SSSR count). The van der Waals surface area contributed by atoms with Crippen LogP contribution in [0.5, 0.6) is 0 Å². The van der Waals surface area contributed by atoms with Gasteiger partial charge in [0.2, 0.25) is 0 Å². The Hall–Kier alpha value is -1.90. The minimum absolute atomic E-state index is 0.0576. The maximum absolute atomic E-state index is 12.6. The summed E-state index contributed by atoms with van der Waals surface area (Å²) in [6, 6.07) is 12.8. The topological polar surface area (TPSA) is 68.5 Å². The zero-order chi connectivity index (χ0) is 21.0. The number of sulfone groups is 1. The van der Waals surface area contributed by atoms with Crippen molar-refractivity contribution in [2.24, 2.45) is 4.99 Å². The molecule has 8 heteroatoms. The molecule has 0 aliphatic carbocycles. The van der Waals surface area contributed by atoms with E-state index in [0.717, 1.165) is 28.1 Å². The lowest BCUT2D eigenvalue weighted by atomic mass is 10.1. The summed E-state index contributed by atoms with van der Waals surface area (Å²) in [5, 5.41) is 0. The van der Waals surface area contributed by atoms with Crippen LogP contribution in [0.3, 0.4) is 0 Å². The third-order valence-corrected chi connectivity index (χ3v) is 7.98. The summed E-state index contributed by atoms with van der Waals surface area (Å²) in [7, 11) is -3.24. The number of hydrogen-bond donors (Lipinski definition) is 0. The molecule has 0 saturated heterocycles. The van der Waals surface area contributed by atoms with Crippen LogP contribution >= 0.6 is 23.1 Å². The molecule has 154 valence electrons. The molecule has 0 unspecified atom stereocenters. The van der Waals surface area contributed by atoms with E-state index in [1.54, 1.807) is 43.0 Å². The molecule has 29 heavy (non-hydrogen) atoms. The number of nitrogens with zero attached hydrogens (tertiary/aromatic N) is 2. The van der Waals surface area contributed by atoms with E-state index in [1.807, 2.05) is 0 Å². The minimum Gasteiger partial charge on any atom is -0.316 e. The number of carbonyl (C=O) groups is 1. The summed E-state index contributed by atoms with van der Waals surface area (Å²) in [6.45, 7) is 4.46. The molecule has 1 aromatic heterocycles. The molecule has 0 saturated carbocycles. The van der Waals surface area contributed by atoms with Gasteiger partial charge in [-0.1, -0.05) is 36.5 Å². The second-order valence-electron chi connectivity index (χ2n) is 6.73. The molecule has 1 heterocycles. The lowest BCUT2D eigenvalue weighted by Crippen LogP contribution is -2.18. The summed E-state index contributed by atoms with van der Waals surface area (Å²) < 4.78 is 27.1. The first-order valence-electron chi connectivity index (χ1n) is 9.32. The van der Waals surface area contributed by atoms with Crippen molar-refractivity contribution in [3.05, 3.63) is 58.4 Å². The number of thiazole rings is 1. The van der Waals surface area contributed by atoms with Crippen LogP contribution in [0.15, 0.2) is 52.4 Å². The van der Waals surface area contributed by atoms with Gasteiger partial charge in [-0.05, 0) is 48.6 Å². The van der Waals surface area contributed by atoms with E-state index < -0.39 is 9.84 Å². The second-order valence-corrected chi connectivity index (χ2v) is 11.0. The average Bonchev–Trinajstić information content (AvgIpc) is 3.02. The Morgan fingerprint density at radius 2 is 1.90 bits per heavy atom. The van der Waals surface area contributed by atoms with Crippen molar-refractivity contribution in [2.75, 3.05) is 17.8 Å². The molecule has 0 atom stereocenters. The third kappa shape index (κ3) is 5.18. The van der Waals surface area contributed by atoms with Crippen molar-refractivity contribution in [1.82, 2.24) is 4.57 Å². The number of thioether (sulfide) groups is 1. The highest BCUT2D eigenvalue weighted by molar-refractivity contribution is 7.98. The molecule has 1 amide bonds. The van der Waals surface area contributed by atoms with Crippen LogP contribution in [0.4, 0.5) is 0 Å². The molecule has 0 aliphatic rings. The van der Waals surface area contributed by atoms with Crippen molar-refractivity contribution in [1.29, 1.82) is 0 Å². The largest absolute Gasteiger partial charge is 0.316 e. The molecule has 0 bridgehead atoms. The fourth-order valence-corrected chi connectivity index (χ4v) is 5.39. The van der Waals surface area contributed by atoms with Crippen molar-refractivity contribution in [3.8, 4) is 0 Å². The Kier molecular flexibility index (Phi) is 6.97. The van der Waals surface area contributed by atoms with E-state index in [1.165, 1.54) is 16.9 Å². The van der Waals surface area contributed by atoms with Gasteiger partial charge in [0, 0.05) is 12.3 Å². The number of aromatic nitrogens is 1. The van der Waals surface area contributed by atoms with Gasteiger partial charge in [0.15, 0.2) is 14.6 Å². The van der Waals surface area contributed by atoms with Crippen LogP contribution in [-0.4, -0.2) is 36.7 Å². The fourth-order valence-electron chi connectivity index (χ4n) is 2.97.